The molecule has 0 aliphatic carbocycles. The number of likely N-dealkylation sites (tertiary alicyclic amines) is 1. The molecule has 0 bridgehead atoms. The summed E-state index contributed by atoms with van der Waals surface area (Å²) in [6, 6.07) is 4.86. The average molecular weight is 292 g/mol. The Morgan fingerprint density at radius 2 is 2.43 bits per heavy atom. The highest BCUT2D eigenvalue weighted by Gasteiger charge is 2.37. The summed E-state index contributed by atoms with van der Waals surface area (Å²) in [4.78, 5) is 13.6. The number of aliphatic hydroxyl groups excluding tert-OH is 1. The van der Waals surface area contributed by atoms with Gasteiger partial charge in [0.05, 0.1) is 25.2 Å². The van der Waals surface area contributed by atoms with Crippen molar-refractivity contribution in [3.8, 4) is 11.5 Å². The van der Waals surface area contributed by atoms with Crippen molar-refractivity contribution in [3.63, 3.8) is 0 Å². The number of esters is 1. The number of ether oxygens (including phenoxy) is 1. The molecule has 2 atom stereocenters. The predicted molar refractivity (Wildman–Crippen MR) is 71.0 cm³/mol. The van der Waals surface area contributed by atoms with Gasteiger partial charge in [-0.3, -0.25) is 9.69 Å². The van der Waals surface area contributed by atoms with Crippen molar-refractivity contribution in [3.05, 3.63) is 30.2 Å². The van der Waals surface area contributed by atoms with Gasteiger partial charge in [0.25, 0.3) is 0 Å². The van der Waals surface area contributed by atoms with Crippen LogP contribution in [0.25, 0.3) is 11.5 Å². The SMILES string of the molecule is COC(=O)C1CC(O)CN1Cc1cc(-c2ccco2)on1. The molecule has 0 spiro atoms. The molecule has 3 rings (SSSR count). The van der Waals surface area contributed by atoms with E-state index >= 15 is 0 Å². The maximum atomic E-state index is 11.7. The third-order valence-corrected chi connectivity index (χ3v) is 3.54. The number of aromatic nitrogens is 1. The van der Waals surface area contributed by atoms with Gasteiger partial charge in [-0.2, -0.15) is 0 Å². The Morgan fingerprint density at radius 1 is 1.57 bits per heavy atom. The summed E-state index contributed by atoms with van der Waals surface area (Å²) in [6.45, 7) is 0.809. The van der Waals surface area contributed by atoms with Gasteiger partial charge in [-0.25, -0.2) is 0 Å². The molecule has 1 fully saturated rings. The highest BCUT2D eigenvalue weighted by Crippen LogP contribution is 2.24. The summed E-state index contributed by atoms with van der Waals surface area (Å²) in [5.41, 5.74) is 0.671. The highest BCUT2D eigenvalue weighted by molar-refractivity contribution is 5.76. The maximum absolute atomic E-state index is 11.7. The Hall–Kier alpha value is -2.12. The minimum Gasteiger partial charge on any atom is -0.468 e. The van der Waals surface area contributed by atoms with Crippen molar-refractivity contribution in [2.75, 3.05) is 13.7 Å². The second-order valence-electron chi connectivity index (χ2n) is 5.02. The maximum Gasteiger partial charge on any atom is 0.323 e. The smallest absolute Gasteiger partial charge is 0.323 e. The van der Waals surface area contributed by atoms with Crippen molar-refractivity contribution < 1.29 is 23.6 Å². The first-order valence-electron chi connectivity index (χ1n) is 6.67. The van der Waals surface area contributed by atoms with Crippen LogP contribution in [0.4, 0.5) is 0 Å². The highest BCUT2D eigenvalue weighted by atomic mass is 16.5. The number of methoxy groups -OCH3 is 1. The first-order chi connectivity index (χ1) is 10.2. The normalized spacial score (nSPS) is 22.6. The zero-order valence-corrected chi connectivity index (χ0v) is 11.6. The fourth-order valence-electron chi connectivity index (χ4n) is 2.56. The van der Waals surface area contributed by atoms with Gasteiger partial charge in [0.1, 0.15) is 6.04 Å². The second-order valence-corrected chi connectivity index (χ2v) is 5.02. The van der Waals surface area contributed by atoms with Crippen molar-refractivity contribution in [2.45, 2.75) is 25.1 Å². The van der Waals surface area contributed by atoms with Gasteiger partial charge in [-0.15, -0.1) is 0 Å². The van der Waals surface area contributed by atoms with Gasteiger partial charge in [0.15, 0.2) is 5.76 Å². The van der Waals surface area contributed by atoms with Crippen molar-refractivity contribution in [1.29, 1.82) is 0 Å². The summed E-state index contributed by atoms with van der Waals surface area (Å²) in [7, 11) is 1.34. The number of carbonyl (C=O) groups is 1. The van der Waals surface area contributed by atoms with Gasteiger partial charge in [0.2, 0.25) is 5.76 Å². The lowest BCUT2D eigenvalue weighted by atomic mass is 10.2. The summed E-state index contributed by atoms with van der Waals surface area (Å²) in [5.74, 6) is 0.783. The Balaban J connectivity index is 1.72. The van der Waals surface area contributed by atoms with E-state index in [9.17, 15) is 9.90 Å². The van der Waals surface area contributed by atoms with Crippen molar-refractivity contribution in [1.82, 2.24) is 10.1 Å². The number of hydrogen-bond donors (Lipinski definition) is 1. The lowest BCUT2D eigenvalue weighted by Gasteiger charge is -2.20. The largest absolute Gasteiger partial charge is 0.468 e. The van der Waals surface area contributed by atoms with E-state index < -0.39 is 12.1 Å². The average Bonchev–Trinajstić information content (AvgIpc) is 3.18. The molecule has 1 aliphatic rings. The molecule has 1 N–H and O–H groups in total. The fourth-order valence-corrected chi connectivity index (χ4v) is 2.56. The zero-order chi connectivity index (χ0) is 14.8. The molecule has 2 unspecified atom stereocenters. The van der Waals surface area contributed by atoms with Crippen molar-refractivity contribution in [2.24, 2.45) is 0 Å². The Bertz CT molecular complexity index is 607. The Kier molecular flexibility index (Phi) is 3.76. The van der Waals surface area contributed by atoms with Crippen LogP contribution in [-0.2, 0) is 16.1 Å². The molecule has 2 aromatic heterocycles. The van der Waals surface area contributed by atoms with Crippen molar-refractivity contribution >= 4 is 5.97 Å². The fraction of sp³-hybridized carbons (Fsp3) is 0.429. The molecule has 0 saturated carbocycles. The number of hydrogen-bond acceptors (Lipinski definition) is 7. The van der Waals surface area contributed by atoms with Crippen LogP contribution < -0.4 is 0 Å². The van der Waals surface area contributed by atoms with Crippen LogP contribution in [-0.4, -0.2) is 46.9 Å². The molecular weight excluding hydrogens is 276 g/mol. The van der Waals surface area contributed by atoms with Gasteiger partial charge in [0, 0.05) is 25.6 Å². The molecular formula is C14H16N2O5. The molecule has 112 valence electrons. The van der Waals surface area contributed by atoms with Crippen LogP contribution in [0.3, 0.4) is 0 Å². The number of furan rings is 1. The summed E-state index contributed by atoms with van der Waals surface area (Å²) >= 11 is 0. The number of β-amino-alcohol motifs (C(OH)–C–C–N with tert-alkyl or cyclic N) is 1. The lowest BCUT2D eigenvalue weighted by Crippen LogP contribution is -2.36. The molecule has 7 heteroatoms. The molecule has 2 aromatic rings. The monoisotopic (exact) mass is 292 g/mol. The third kappa shape index (κ3) is 2.84. The van der Waals surface area contributed by atoms with E-state index in [4.69, 9.17) is 13.7 Å². The molecule has 3 heterocycles. The Morgan fingerprint density at radius 3 is 3.14 bits per heavy atom. The number of nitrogens with zero attached hydrogens (tertiary/aromatic N) is 2. The third-order valence-electron chi connectivity index (χ3n) is 3.54. The van der Waals surface area contributed by atoms with Gasteiger partial charge < -0.3 is 18.8 Å². The van der Waals surface area contributed by atoms with Gasteiger partial charge >= 0.3 is 5.97 Å². The van der Waals surface area contributed by atoms with Crippen LogP contribution in [0.1, 0.15) is 12.1 Å². The van der Waals surface area contributed by atoms with E-state index in [-0.39, 0.29) is 5.97 Å². The molecule has 21 heavy (non-hydrogen) atoms. The van der Waals surface area contributed by atoms with E-state index in [0.717, 1.165) is 0 Å². The van der Waals surface area contributed by atoms with Crippen LogP contribution in [0.15, 0.2) is 33.4 Å². The van der Waals surface area contributed by atoms with E-state index in [2.05, 4.69) is 5.16 Å². The lowest BCUT2D eigenvalue weighted by molar-refractivity contribution is -0.146. The van der Waals surface area contributed by atoms with Gasteiger partial charge in [-0.05, 0) is 12.1 Å². The number of carbonyl (C=O) groups excluding carboxylic acids is 1. The first-order valence-corrected chi connectivity index (χ1v) is 6.67. The minimum atomic E-state index is -0.537. The van der Waals surface area contributed by atoms with Crippen LogP contribution in [0.5, 0.6) is 0 Å². The van der Waals surface area contributed by atoms with Crippen LogP contribution in [0, 0.1) is 0 Å². The number of rotatable bonds is 4. The quantitative estimate of drug-likeness (QED) is 0.842. The Labute approximate surface area is 121 Å². The molecule has 7 nitrogen and oxygen atoms in total. The summed E-state index contributed by atoms with van der Waals surface area (Å²) in [6.07, 6.45) is 1.39. The molecule has 1 saturated heterocycles. The molecule has 0 radical (unpaired) electrons. The molecule has 0 amide bonds. The first kappa shape index (κ1) is 13.8. The molecule has 0 aromatic carbocycles. The zero-order valence-electron chi connectivity index (χ0n) is 11.6. The number of aliphatic hydroxyl groups is 1. The van der Waals surface area contributed by atoms with Gasteiger partial charge in [-0.1, -0.05) is 5.16 Å². The van der Waals surface area contributed by atoms with E-state index in [0.29, 0.717) is 36.7 Å². The topological polar surface area (TPSA) is 88.9 Å². The van der Waals surface area contributed by atoms with E-state index in [1.807, 2.05) is 4.90 Å². The molecule has 1 aliphatic heterocycles. The summed E-state index contributed by atoms with van der Waals surface area (Å²) in [5, 5.41) is 13.7. The van der Waals surface area contributed by atoms with E-state index in [1.54, 1.807) is 24.5 Å². The van der Waals surface area contributed by atoms with Crippen LogP contribution >= 0.6 is 0 Å². The summed E-state index contributed by atoms with van der Waals surface area (Å²) < 4.78 is 15.2. The standard InChI is InChI=1S/C14H16N2O5/c1-19-14(18)11-6-10(17)8-16(11)7-9-5-13(21-15-9)12-3-2-4-20-12/h2-5,10-11,17H,6-8H2,1H3. The second kappa shape index (κ2) is 5.71. The predicted octanol–water partition coefficient (Wildman–Crippen LogP) is 1.04. The van der Waals surface area contributed by atoms with E-state index in [1.165, 1.54) is 7.11 Å². The van der Waals surface area contributed by atoms with Crippen LogP contribution in [0.2, 0.25) is 0 Å². The minimum absolute atomic E-state index is 0.346.